The van der Waals surface area contributed by atoms with Gasteiger partial charge in [-0.1, -0.05) is 0 Å². The largest absolute Gasteiger partial charge is 0.497 e. The molecule has 2 N–H and O–H groups in total. The van der Waals surface area contributed by atoms with Crippen molar-refractivity contribution in [1.29, 1.82) is 0 Å². The molecule has 1 amide bonds. The molecule has 122 valence electrons. The van der Waals surface area contributed by atoms with Gasteiger partial charge in [-0.15, -0.1) is 0 Å². The number of H-pyrrole nitrogens is 1. The number of methoxy groups -OCH3 is 1. The summed E-state index contributed by atoms with van der Waals surface area (Å²) in [5, 5.41) is 10.8. The van der Waals surface area contributed by atoms with E-state index in [1.54, 1.807) is 19.4 Å². The van der Waals surface area contributed by atoms with E-state index in [-0.39, 0.29) is 5.91 Å². The Morgan fingerprint density at radius 1 is 1.33 bits per heavy atom. The van der Waals surface area contributed by atoms with Crippen molar-refractivity contribution in [3.63, 3.8) is 0 Å². The van der Waals surface area contributed by atoms with Crippen LogP contribution in [0.15, 0.2) is 53.8 Å². The van der Waals surface area contributed by atoms with Crippen molar-refractivity contribution in [1.82, 2.24) is 20.2 Å². The topological polar surface area (TPSA) is 84.3 Å². The Morgan fingerprint density at radius 3 is 2.79 bits per heavy atom. The highest BCUT2D eigenvalue weighted by Crippen LogP contribution is 2.21. The number of carbonyl (C=O) groups is 1. The predicted molar refractivity (Wildman–Crippen MR) is 91.0 cm³/mol. The first kappa shape index (κ1) is 15.5. The summed E-state index contributed by atoms with van der Waals surface area (Å²) >= 11 is 0. The summed E-state index contributed by atoms with van der Waals surface area (Å²) in [5.41, 5.74) is 5.26. The minimum Gasteiger partial charge on any atom is -0.497 e. The number of aromatic amines is 1. The molecule has 24 heavy (non-hydrogen) atoms. The molecule has 0 aliphatic carbocycles. The second-order valence-corrected chi connectivity index (χ2v) is 5.14. The number of ether oxygens (including phenoxy) is 1. The average molecular weight is 323 g/mol. The van der Waals surface area contributed by atoms with E-state index in [2.05, 4.69) is 20.7 Å². The summed E-state index contributed by atoms with van der Waals surface area (Å²) in [5.74, 6) is 0.412. The maximum atomic E-state index is 12.1. The second-order valence-electron chi connectivity index (χ2n) is 5.14. The summed E-state index contributed by atoms with van der Waals surface area (Å²) in [6, 6.07) is 12.9. The molecule has 0 unspecified atom stereocenters. The maximum absolute atomic E-state index is 12.1. The van der Waals surface area contributed by atoms with E-state index in [0.29, 0.717) is 11.4 Å². The molecule has 3 rings (SSSR count). The lowest BCUT2D eigenvalue weighted by Gasteiger charge is -2.00. The summed E-state index contributed by atoms with van der Waals surface area (Å²) in [6.45, 7) is 0. The number of hydrogen-bond donors (Lipinski definition) is 2. The highest BCUT2D eigenvalue weighted by Gasteiger charge is 2.10. The smallest absolute Gasteiger partial charge is 0.289 e. The van der Waals surface area contributed by atoms with Crippen LogP contribution in [0, 0.1) is 0 Å². The zero-order valence-corrected chi connectivity index (χ0v) is 13.4. The molecule has 0 aliphatic rings. The first-order chi connectivity index (χ1) is 11.7. The molecule has 2 heterocycles. The highest BCUT2D eigenvalue weighted by atomic mass is 16.5. The Morgan fingerprint density at radius 2 is 2.12 bits per heavy atom. The zero-order valence-electron chi connectivity index (χ0n) is 13.4. The van der Waals surface area contributed by atoms with Gasteiger partial charge in [0.2, 0.25) is 0 Å². The van der Waals surface area contributed by atoms with Gasteiger partial charge in [0.1, 0.15) is 11.4 Å². The number of nitrogens with zero attached hydrogens (tertiary/aromatic N) is 3. The van der Waals surface area contributed by atoms with E-state index >= 15 is 0 Å². The molecule has 2 aromatic heterocycles. The molecule has 3 aromatic rings. The molecular formula is C17H17N5O2. The number of aromatic nitrogens is 3. The third-order valence-corrected chi connectivity index (χ3v) is 3.56. The Balaban J connectivity index is 1.67. The molecule has 0 saturated carbocycles. The number of aryl methyl sites for hydroxylation is 1. The van der Waals surface area contributed by atoms with Gasteiger partial charge >= 0.3 is 0 Å². The maximum Gasteiger partial charge on any atom is 0.289 e. The Kier molecular flexibility index (Phi) is 4.42. The summed E-state index contributed by atoms with van der Waals surface area (Å²) in [7, 11) is 3.52. The molecular weight excluding hydrogens is 306 g/mol. The number of nitrogens with one attached hydrogen (secondary N) is 2. The van der Waals surface area contributed by atoms with Gasteiger partial charge in [0, 0.05) is 18.8 Å². The van der Waals surface area contributed by atoms with Crippen molar-refractivity contribution in [2.45, 2.75) is 0 Å². The number of amides is 1. The fourth-order valence-corrected chi connectivity index (χ4v) is 2.17. The molecule has 7 nitrogen and oxygen atoms in total. The van der Waals surface area contributed by atoms with Crippen LogP contribution in [0.4, 0.5) is 0 Å². The average Bonchev–Trinajstić information content (AvgIpc) is 3.25. The Labute approximate surface area is 139 Å². The van der Waals surface area contributed by atoms with Crippen molar-refractivity contribution in [2.24, 2.45) is 12.1 Å². The van der Waals surface area contributed by atoms with Crippen molar-refractivity contribution < 1.29 is 9.53 Å². The molecule has 1 aromatic carbocycles. The normalized spacial score (nSPS) is 10.9. The number of hydrazone groups is 1. The minimum absolute atomic E-state index is 0.338. The van der Waals surface area contributed by atoms with Crippen molar-refractivity contribution >= 4 is 12.1 Å². The van der Waals surface area contributed by atoms with Gasteiger partial charge in [0.25, 0.3) is 5.91 Å². The third-order valence-electron chi connectivity index (χ3n) is 3.56. The first-order valence-electron chi connectivity index (χ1n) is 7.32. The van der Waals surface area contributed by atoms with Gasteiger partial charge in [-0.2, -0.15) is 10.2 Å². The van der Waals surface area contributed by atoms with Crippen LogP contribution in [0.25, 0.3) is 11.3 Å². The summed E-state index contributed by atoms with van der Waals surface area (Å²) < 4.78 is 7.02. The van der Waals surface area contributed by atoms with Gasteiger partial charge in [-0.25, -0.2) is 5.43 Å². The quantitative estimate of drug-likeness (QED) is 0.557. The fourth-order valence-electron chi connectivity index (χ4n) is 2.17. The number of carbonyl (C=O) groups excluding carboxylic acids is 1. The lowest BCUT2D eigenvalue weighted by atomic mass is 10.1. The molecule has 0 aliphatic heterocycles. The van der Waals surface area contributed by atoms with E-state index in [1.807, 2.05) is 54.2 Å². The van der Waals surface area contributed by atoms with E-state index in [4.69, 9.17) is 4.74 Å². The Bertz CT molecular complexity index is 861. The molecule has 0 fully saturated rings. The van der Waals surface area contributed by atoms with Crippen LogP contribution in [0.1, 0.15) is 16.2 Å². The van der Waals surface area contributed by atoms with Gasteiger partial charge in [-0.05, 0) is 42.5 Å². The van der Waals surface area contributed by atoms with Crippen molar-refractivity contribution in [3.05, 3.63) is 60.0 Å². The van der Waals surface area contributed by atoms with Crippen LogP contribution < -0.4 is 10.2 Å². The van der Waals surface area contributed by atoms with Crippen LogP contribution in [0.2, 0.25) is 0 Å². The predicted octanol–water partition coefficient (Wildman–Crippen LogP) is 2.19. The zero-order chi connectivity index (χ0) is 16.9. The lowest BCUT2D eigenvalue weighted by molar-refractivity contribution is 0.0950. The molecule has 0 bridgehead atoms. The highest BCUT2D eigenvalue weighted by molar-refractivity contribution is 5.94. The molecule has 7 heteroatoms. The van der Waals surface area contributed by atoms with Crippen molar-refractivity contribution in [3.8, 4) is 17.0 Å². The second kappa shape index (κ2) is 6.82. The third kappa shape index (κ3) is 3.35. The number of rotatable bonds is 5. The van der Waals surface area contributed by atoms with Crippen LogP contribution >= 0.6 is 0 Å². The van der Waals surface area contributed by atoms with Crippen LogP contribution in [-0.2, 0) is 7.05 Å². The monoisotopic (exact) mass is 323 g/mol. The van der Waals surface area contributed by atoms with Crippen LogP contribution in [0.3, 0.4) is 0 Å². The first-order valence-corrected chi connectivity index (χ1v) is 7.32. The SMILES string of the molecule is COc1ccc(-c2cc(C(=O)N/N=C\c3cccn3C)[nH]n2)cc1. The number of benzene rings is 1. The summed E-state index contributed by atoms with van der Waals surface area (Å²) in [4.78, 5) is 12.1. The van der Waals surface area contributed by atoms with E-state index in [9.17, 15) is 4.79 Å². The van der Waals surface area contributed by atoms with Gasteiger partial charge in [-0.3, -0.25) is 9.89 Å². The van der Waals surface area contributed by atoms with Crippen LogP contribution in [0.5, 0.6) is 5.75 Å². The van der Waals surface area contributed by atoms with Gasteiger partial charge in [0.15, 0.2) is 0 Å². The molecule has 0 spiro atoms. The van der Waals surface area contributed by atoms with Crippen molar-refractivity contribution in [2.75, 3.05) is 7.11 Å². The lowest BCUT2D eigenvalue weighted by Crippen LogP contribution is -2.18. The molecule has 0 atom stereocenters. The number of hydrogen-bond acceptors (Lipinski definition) is 4. The standard InChI is InChI=1S/C17H17N5O2/c1-22-9-3-4-13(22)11-18-21-17(23)16-10-15(19-20-16)12-5-7-14(24-2)8-6-12/h3-11H,1-2H3,(H,19,20)(H,21,23)/b18-11-. The minimum atomic E-state index is -0.354. The van der Waals surface area contributed by atoms with E-state index in [1.165, 1.54) is 0 Å². The Hall–Kier alpha value is -3.35. The van der Waals surface area contributed by atoms with E-state index in [0.717, 1.165) is 17.0 Å². The fraction of sp³-hybridized carbons (Fsp3) is 0.118. The molecule has 0 radical (unpaired) electrons. The van der Waals surface area contributed by atoms with E-state index < -0.39 is 0 Å². The van der Waals surface area contributed by atoms with Gasteiger partial charge < -0.3 is 9.30 Å². The molecule has 0 saturated heterocycles. The summed E-state index contributed by atoms with van der Waals surface area (Å²) in [6.07, 6.45) is 3.48. The van der Waals surface area contributed by atoms with Crippen LogP contribution in [-0.4, -0.2) is 34.0 Å². The van der Waals surface area contributed by atoms with Gasteiger partial charge in [0.05, 0.1) is 24.7 Å².